The van der Waals surface area contributed by atoms with E-state index in [2.05, 4.69) is 6.08 Å². The van der Waals surface area contributed by atoms with Crippen LogP contribution < -0.4 is 23.7 Å². The highest BCUT2D eigenvalue weighted by molar-refractivity contribution is 6.04. The van der Waals surface area contributed by atoms with Gasteiger partial charge in [-0.3, -0.25) is 24.0 Å². The molecule has 1 heterocycles. The summed E-state index contributed by atoms with van der Waals surface area (Å²) in [5, 5.41) is 0. The number of ether oxygens (including phenoxy) is 5. The van der Waals surface area contributed by atoms with Crippen LogP contribution in [0.15, 0.2) is 53.1 Å². The first-order valence-electron chi connectivity index (χ1n) is 15.8. The van der Waals surface area contributed by atoms with Crippen LogP contribution in [-0.4, -0.2) is 29.7 Å². The van der Waals surface area contributed by atoms with Gasteiger partial charge >= 0.3 is 23.9 Å². The molecule has 256 valence electrons. The van der Waals surface area contributed by atoms with Crippen molar-refractivity contribution in [3.8, 4) is 28.7 Å². The van der Waals surface area contributed by atoms with Crippen LogP contribution in [0.3, 0.4) is 0 Å². The summed E-state index contributed by atoms with van der Waals surface area (Å²) < 4.78 is 28.6. The number of fused-ring (bicyclic) bond motifs is 1. The van der Waals surface area contributed by atoms with E-state index < -0.39 is 30.0 Å². The van der Waals surface area contributed by atoms with Crippen molar-refractivity contribution in [3.63, 3.8) is 0 Å². The Morgan fingerprint density at radius 3 is 1.85 bits per heavy atom. The van der Waals surface area contributed by atoms with Gasteiger partial charge in [0.15, 0.2) is 23.0 Å². The van der Waals surface area contributed by atoms with Crippen LogP contribution in [-0.2, 0) is 32.0 Å². The molecule has 10 nitrogen and oxygen atoms in total. The van der Waals surface area contributed by atoms with E-state index >= 15 is 0 Å². The van der Waals surface area contributed by atoms with Crippen LogP contribution in [0, 0.1) is 0 Å². The van der Waals surface area contributed by atoms with Crippen molar-refractivity contribution in [2.45, 2.75) is 101 Å². The lowest BCUT2D eigenvalue weighted by Crippen LogP contribution is -2.24. The third-order valence-electron chi connectivity index (χ3n) is 7.29. The monoisotopic (exact) mass is 660 g/mol. The molecule has 0 fully saturated rings. The van der Waals surface area contributed by atoms with E-state index in [9.17, 15) is 24.0 Å². The van der Waals surface area contributed by atoms with Gasteiger partial charge in [0.25, 0.3) is 0 Å². The summed E-state index contributed by atoms with van der Waals surface area (Å²) in [6.45, 7) is 14.8. The van der Waals surface area contributed by atoms with E-state index in [0.717, 1.165) is 24.0 Å². The van der Waals surface area contributed by atoms with Gasteiger partial charge in [0.1, 0.15) is 23.2 Å². The number of carbonyl (C=O) groups excluding carboxylic acids is 5. The maximum absolute atomic E-state index is 14.0. The van der Waals surface area contributed by atoms with E-state index in [0.29, 0.717) is 16.7 Å². The van der Waals surface area contributed by atoms with Gasteiger partial charge in [-0.05, 0) is 66.4 Å². The fourth-order valence-corrected chi connectivity index (χ4v) is 5.24. The lowest BCUT2D eigenvalue weighted by molar-refractivity contribution is -0.134. The maximum Gasteiger partial charge on any atom is 0.308 e. The molecule has 0 saturated heterocycles. The van der Waals surface area contributed by atoms with Crippen LogP contribution in [0.2, 0.25) is 0 Å². The standard InChI is InChI=1S/C38H44O10/c1-21(2)11-10-12-23(5)14-16-29-28(17-18-32(44-24(6)39)37(29)46-26(8)41)33-19-31(43)36-35(48-33)20-34(45-25(7)40)30(15-13-22(3)4)38(36)47-27(9)42/h11,13-14,17-18,20,33H,10,12,15-16,19H2,1-9H3/b23-14-/t33-/m0/s1. The molecule has 1 atom stereocenters. The molecule has 0 aromatic heterocycles. The predicted molar refractivity (Wildman–Crippen MR) is 180 cm³/mol. The van der Waals surface area contributed by atoms with E-state index in [4.69, 9.17) is 23.7 Å². The van der Waals surface area contributed by atoms with Crippen molar-refractivity contribution in [1.29, 1.82) is 0 Å². The van der Waals surface area contributed by atoms with Crippen LogP contribution in [0.4, 0.5) is 0 Å². The average Bonchev–Trinajstić information content (AvgIpc) is 2.95. The summed E-state index contributed by atoms with van der Waals surface area (Å²) in [6, 6.07) is 4.61. The zero-order valence-electron chi connectivity index (χ0n) is 29.2. The average molecular weight is 661 g/mol. The second-order valence-electron chi connectivity index (χ2n) is 12.2. The topological polar surface area (TPSA) is 132 Å². The molecule has 0 N–H and O–H groups in total. The summed E-state index contributed by atoms with van der Waals surface area (Å²) in [7, 11) is 0. The molecule has 10 heteroatoms. The molecule has 0 unspecified atom stereocenters. The summed E-state index contributed by atoms with van der Waals surface area (Å²) in [5.74, 6) is -2.66. The molecule has 0 saturated carbocycles. The molecule has 0 spiro atoms. The summed E-state index contributed by atoms with van der Waals surface area (Å²) in [6.07, 6.45) is 7.10. The SMILES string of the molecule is CC(=O)Oc1cc2c(c(OC(C)=O)c1CC=C(C)C)C(=O)C[C@@H](c1ccc(OC(C)=O)c(OC(C)=O)c1C/C=C(/C)CCC=C(C)C)O2. The number of benzene rings is 2. The number of carbonyl (C=O) groups is 5. The highest BCUT2D eigenvalue weighted by Gasteiger charge is 2.36. The minimum absolute atomic E-state index is 0.0295. The summed E-state index contributed by atoms with van der Waals surface area (Å²) in [4.78, 5) is 62.6. The number of Topliss-reactive ketones (excluding diaryl/α,β-unsaturated/α-hetero) is 1. The molecule has 2 aromatic carbocycles. The maximum atomic E-state index is 14.0. The molecule has 1 aliphatic rings. The Morgan fingerprint density at radius 2 is 1.27 bits per heavy atom. The van der Waals surface area contributed by atoms with Gasteiger partial charge in [0.05, 0.1) is 6.42 Å². The predicted octanol–water partition coefficient (Wildman–Crippen LogP) is 7.84. The van der Waals surface area contributed by atoms with Crippen molar-refractivity contribution in [3.05, 3.63) is 75.4 Å². The Hall–Kier alpha value is -4.99. The van der Waals surface area contributed by atoms with Crippen LogP contribution >= 0.6 is 0 Å². The zero-order valence-corrected chi connectivity index (χ0v) is 29.2. The molecule has 48 heavy (non-hydrogen) atoms. The summed E-state index contributed by atoms with van der Waals surface area (Å²) >= 11 is 0. The van der Waals surface area contributed by atoms with Crippen LogP contribution in [0.25, 0.3) is 0 Å². The van der Waals surface area contributed by atoms with Crippen LogP contribution in [0.1, 0.15) is 115 Å². The number of allylic oxidation sites excluding steroid dienone is 6. The number of esters is 4. The number of hydrogen-bond acceptors (Lipinski definition) is 10. The van der Waals surface area contributed by atoms with E-state index in [-0.39, 0.29) is 59.4 Å². The Kier molecular flexibility index (Phi) is 13.0. The highest BCUT2D eigenvalue weighted by atomic mass is 16.6. The molecule has 0 aliphatic carbocycles. The third-order valence-corrected chi connectivity index (χ3v) is 7.29. The minimum Gasteiger partial charge on any atom is -0.484 e. The zero-order chi connectivity index (χ0) is 35.7. The Bertz CT molecular complexity index is 1700. The van der Waals surface area contributed by atoms with Crippen molar-refractivity contribution in [2.24, 2.45) is 0 Å². The molecule has 0 radical (unpaired) electrons. The van der Waals surface area contributed by atoms with Crippen molar-refractivity contribution >= 4 is 29.7 Å². The summed E-state index contributed by atoms with van der Waals surface area (Å²) in [5.41, 5.74) is 4.69. The second kappa shape index (κ2) is 16.7. The molecule has 1 aliphatic heterocycles. The first-order chi connectivity index (χ1) is 22.6. The molecule has 3 rings (SSSR count). The normalized spacial score (nSPS) is 13.8. The second-order valence-corrected chi connectivity index (χ2v) is 12.2. The Morgan fingerprint density at radius 1 is 0.708 bits per heavy atom. The lowest BCUT2D eigenvalue weighted by Gasteiger charge is -2.30. The van der Waals surface area contributed by atoms with Gasteiger partial charge in [0, 0.05) is 50.5 Å². The fourth-order valence-electron chi connectivity index (χ4n) is 5.24. The molecule has 0 amide bonds. The van der Waals surface area contributed by atoms with Gasteiger partial charge < -0.3 is 23.7 Å². The van der Waals surface area contributed by atoms with Crippen molar-refractivity contribution in [2.75, 3.05) is 0 Å². The quantitative estimate of drug-likeness (QED) is 0.126. The third kappa shape index (κ3) is 10.3. The van der Waals surface area contributed by atoms with Crippen molar-refractivity contribution < 1.29 is 47.7 Å². The molecule has 0 bridgehead atoms. The Labute approximate surface area is 281 Å². The minimum atomic E-state index is -0.890. The molecule has 2 aromatic rings. The Balaban J connectivity index is 2.24. The largest absolute Gasteiger partial charge is 0.484 e. The number of hydrogen-bond donors (Lipinski definition) is 0. The molecular formula is C38H44O10. The highest BCUT2D eigenvalue weighted by Crippen LogP contribution is 2.48. The number of ketones is 1. The fraction of sp³-hybridized carbons (Fsp3) is 0.395. The van der Waals surface area contributed by atoms with Gasteiger partial charge in [-0.2, -0.15) is 0 Å². The van der Waals surface area contributed by atoms with Crippen LogP contribution in [0.5, 0.6) is 28.7 Å². The first-order valence-corrected chi connectivity index (χ1v) is 15.8. The first kappa shape index (κ1) is 37.5. The lowest BCUT2D eigenvalue weighted by atomic mass is 9.89. The number of rotatable bonds is 12. The van der Waals surface area contributed by atoms with E-state index in [1.807, 2.05) is 46.8 Å². The van der Waals surface area contributed by atoms with E-state index in [1.165, 1.54) is 45.4 Å². The smallest absolute Gasteiger partial charge is 0.308 e. The van der Waals surface area contributed by atoms with Gasteiger partial charge in [-0.1, -0.05) is 41.0 Å². The van der Waals surface area contributed by atoms with Gasteiger partial charge in [-0.15, -0.1) is 0 Å². The van der Waals surface area contributed by atoms with Gasteiger partial charge in [-0.25, -0.2) is 0 Å². The van der Waals surface area contributed by atoms with Gasteiger partial charge in [0.2, 0.25) is 0 Å². The van der Waals surface area contributed by atoms with Crippen molar-refractivity contribution in [1.82, 2.24) is 0 Å². The molecular weight excluding hydrogens is 616 g/mol. The van der Waals surface area contributed by atoms with E-state index in [1.54, 1.807) is 6.07 Å².